The van der Waals surface area contributed by atoms with Crippen molar-refractivity contribution < 1.29 is 9.50 Å². The first-order chi connectivity index (χ1) is 10.2. The number of H-pyrrole nitrogens is 1. The Labute approximate surface area is 126 Å². The second-order valence-electron chi connectivity index (χ2n) is 4.63. The molecule has 1 aromatic heterocycles. The lowest BCUT2D eigenvalue weighted by atomic mass is 9.99. The Morgan fingerprint density at radius 1 is 1.05 bits per heavy atom. The maximum Gasteiger partial charge on any atom is 0.123 e. The molecular weight excluding hydrogens is 291 g/mol. The predicted octanol–water partition coefficient (Wildman–Crippen LogP) is 3.95. The lowest BCUT2D eigenvalue weighted by molar-refractivity contribution is 0.221. The molecule has 1 unspecified atom stereocenters. The topological polar surface area (TPSA) is 48.9 Å². The number of halogens is 2. The average molecular weight is 303 g/mol. The number of rotatable bonds is 3. The molecule has 2 aromatic carbocycles. The molecule has 1 atom stereocenters. The maximum absolute atomic E-state index is 13.0. The molecular formula is C16H12ClFN2O. The van der Waals surface area contributed by atoms with Crippen LogP contribution in [-0.4, -0.2) is 15.3 Å². The Kier molecular flexibility index (Phi) is 3.73. The third kappa shape index (κ3) is 2.68. The van der Waals surface area contributed by atoms with E-state index in [1.54, 1.807) is 36.5 Å². The van der Waals surface area contributed by atoms with Gasteiger partial charge < -0.3 is 5.11 Å². The highest BCUT2D eigenvalue weighted by molar-refractivity contribution is 6.31. The van der Waals surface area contributed by atoms with Crippen LogP contribution in [0.4, 0.5) is 4.39 Å². The number of benzene rings is 2. The van der Waals surface area contributed by atoms with E-state index in [1.165, 1.54) is 12.1 Å². The molecule has 0 saturated carbocycles. The Morgan fingerprint density at radius 2 is 1.76 bits per heavy atom. The number of aliphatic hydroxyl groups is 1. The molecule has 2 N–H and O–H groups in total. The smallest absolute Gasteiger partial charge is 0.123 e. The number of nitrogens with one attached hydrogen (secondary N) is 1. The summed E-state index contributed by atoms with van der Waals surface area (Å²) in [6, 6.07) is 13.1. The Morgan fingerprint density at radius 3 is 2.48 bits per heavy atom. The van der Waals surface area contributed by atoms with Crippen LogP contribution < -0.4 is 0 Å². The summed E-state index contributed by atoms with van der Waals surface area (Å²) in [6.07, 6.45) is 0.643. The number of aromatic amines is 1. The van der Waals surface area contributed by atoms with Gasteiger partial charge >= 0.3 is 0 Å². The van der Waals surface area contributed by atoms with Crippen molar-refractivity contribution in [1.82, 2.24) is 10.2 Å². The minimum Gasteiger partial charge on any atom is -0.383 e. The normalized spacial score (nSPS) is 12.3. The first kappa shape index (κ1) is 13.8. The van der Waals surface area contributed by atoms with E-state index in [2.05, 4.69) is 10.2 Å². The second kappa shape index (κ2) is 5.68. The highest BCUT2D eigenvalue weighted by Gasteiger charge is 2.19. The lowest BCUT2D eigenvalue weighted by Gasteiger charge is -2.13. The van der Waals surface area contributed by atoms with Crippen LogP contribution in [0.3, 0.4) is 0 Å². The summed E-state index contributed by atoms with van der Waals surface area (Å²) in [5.41, 5.74) is 2.58. The zero-order valence-corrected chi connectivity index (χ0v) is 11.7. The lowest BCUT2D eigenvalue weighted by Crippen LogP contribution is -2.01. The van der Waals surface area contributed by atoms with Gasteiger partial charge in [0.15, 0.2) is 0 Å². The van der Waals surface area contributed by atoms with Gasteiger partial charge in [-0.15, -0.1) is 0 Å². The molecule has 21 heavy (non-hydrogen) atoms. The standard InChI is InChI=1S/C16H12ClFN2O/c17-14-4-2-1-3-12(14)16(21)13-9-19-20-15(13)10-5-7-11(18)8-6-10/h1-9,16,21H,(H,19,20). The van der Waals surface area contributed by atoms with Crippen LogP contribution in [0.25, 0.3) is 11.3 Å². The molecule has 1 heterocycles. The fourth-order valence-electron chi connectivity index (χ4n) is 2.21. The molecule has 0 amide bonds. The van der Waals surface area contributed by atoms with Gasteiger partial charge in [0, 0.05) is 21.7 Å². The molecule has 0 aliphatic rings. The zero-order valence-electron chi connectivity index (χ0n) is 10.9. The minimum atomic E-state index is -0.905. The van der Waals surface area contributed by atoms with E-state index in [-0.39, 0.29) is 5.82 Å². The van der Waals surface area contributed by atoms with Crippen LogP contribution in [0.2, 0.25) is 5.02 Å². The monoisotopic (exact) mass is 302 g/mol. The van der Waals surface area contributed by atoms with E-state index in [9.17, 15) is 9.50 Å². The van der Waals surface area contributed by atoms with E-state index in [0.717, 1.165) is 5.56 Å². The third-order valence-corrected chi connectivity index (χ3v) is 3.64. The summed E-state index contributed by atoms with van der Waals surface area (Å²) in [7, 11) is 0. The highest BCUT2D eigenvalue weighted by atomic mass is 35.5. The number of hydrogen-bond donors (Lipinski definition) is 2. The van der Waals surface area contributed by atoms with Crippen LogP contribution in [0.15, 0.2) is 54.7 Å². The van der Waals surface area contributed by atoms with Crippen LogP contribution >= 0.6 is 11.6 Å². The van der Waals surface area contributed by atoms with Gasteiger partial charge in [-0.2, -0.15) is 5.10 Å². The fourth-order valence-corrected chi connectivity index (χ4v) is 2.45. The van der Waals surface area contributed by atoms with Gasteiger partial charge in [-0.05, 0) is 30.3 Å². The quantitative estimate of drug-likeness (QED) is 0.769. The van der Waals surface area contributed by atoms with Crippen LogP contribution in [0, 0.1) is 5.82 Å². The fraction of sp³-hybridized carbons (Fsp3) is 0.0625. The van der Waals surface area contributed by atoms with Crippen molar-refractivity contribution in [1.29, 1.82) is 0 Å². The summed E-state index contributed by atoms with van der Waals surface area (Å²) in [5, 5.41) is 17.8. The van der Waals surface area contributed by atoms with Crippen molar-refractivity contribution in [2.24, 2.45) is 0 Å². The Hall–Kier alpha value is -2.17. The average Bonchev–Trinajstić information content (AvgIpc) is 2.97. The third-order valence-electron chi connectivity index (χ3n) is 3.30. The van der Waals surface area contributed by atoms with Crippen molar-refractivity contribution in [3.05, 3.63) is 76.7 Å². The van der Waals surface area contributed by atoms with Gasteiger partial charge in [0.1, 0.15) is 11.9 Å². The maximum atomic E-state index is 13.0. The van der Waals surface area contributed by atoms with Gasteiger partial charge in [-0.1, -0.05) is 29.8 Å². The molecule has 3 rings (SSSR count). The molecule has 3 aromatic rings. The largest absolute Gasteiger partial charge is 0.383 e. The Balaban J connectivity index is 2.03. The number of hydrogen-bond acceptors (Lipinski definition) is 2. The van der Waals surface area contributed by atoms with Crippen molar-refractivity contribution in [3.63, 3.8) is 0 Å². The van der Waals surface area contributed by atoms with Crippen LogP contribution in [0.1, 0.15) is 17.2 Å². The summed E-state index contributed by atoms with van der Waals surface area (Å²) in [6.45, 7) is 0. The van der Waals surface area contributed by atoms with Gasteiger partial charge in [-0.3, -0.25) is 5.10 Å². The molecule has 3 nitrogen and oxygen atoms in total. The van der Waals surface area contributed by atoms with E-state index in [1.807, 2.05) is 6.07 Å². The molecule has 0 fully saturated rings. The molecule has 0 radical (unpaired) electrons. The second-order valence-corrected chi connectivity index (χ2v) is 5.04. The molecule has 0 aliphatic heterocycles. The summed E-state index contributed by atoms with van der Waals surface area (Å²) in [4.78, 5) is 0. The van der Waals surface area contributed by atoms with Crippen molar-refractivity contribution in [2.45, 2.75) is 6.10 Å². The van der Waals surface area contributed by atoms with Crippen molar-refractivity contribution in [3.8, 4) is 11.3 Å². The van der Waals surface area contributed by atoms with Crippen molar-refractivity contribution >= 4 is 11.6 Å². The molecule has 0 aliphatic carbocycles. The number of nitrogens with zero attached hydrogens (tertiary/aromatic N) is 1. The Bertz CT molecular complexity index is 755. The van der Waals surface area contributed by atoms with Gasteiger partial charge in [-0.25, -0.2) is 4.39 Å². The number of aromatic nitrogens is 2. The van der Waals surface area contributed by atoms with Gasteiger partial charge in [0.05, 0.1) is 11.9 Å². The van der Waals surface area contributed by atoms with Crippen LogP contribution in [0.5, 0.6) is 0 Å². The first-order valence-corrected chi connectivity index (χ1v) is 6.76. The predicted molar refractivity (Wildman–Crippen MR) is 79.5 cm³/mol. The number of aliphatic hydroxyl groups excluding tert-OH is 1. The van der Waals surface area contributed by atoms with E-state index in [0.29, 0.717) is 21.8 Å². The van der Waals surface area contributed by atoms with E-state index >= 15 is 0 Å². The minimum absolute atomic E-state index is 0.313. The van der Waals surface area contributed by atoms with Gasteiger partial charge in [0.2, 0.25) is 0 Å². The molecule has 0 saturated heterocycles. The van der Waals surface area contributed by atoms with Crippen LogP contribution in [-0.2, 0) is 0 Å². The van der Waals surface area contributed by atoms with Gasteiger partial charge in [0.25, 0.3) is 0 Å². The summed E-state index contributed by atoms with van der Waals surface area (Å²) >= 11 is 6.11. The molecule has 106 valence electrons. The molecule has 0 spiro atoms. The first-order valence-electron chi connectivity index (χ1n) is 6.38. The molecule has 0 bridgehead atoms. The van der Waals surface area contributed by atoms with Crippen molar-refractivity contribution in [2.75, 3.05) is 0 Å². The summed E-state index contributed by atoms with van der Waals surface area (Å²) in [5.74, 6) is -0.313. The van der Waals surface area contributed by atoms with E-state index < -0.39 is 6.10 Å². The summed E-state index contributed by atoms with van der Waals surface area (Å²) < 4.78 is 13.0. The van der Waals surface area contributed by atoms with E-state index in [4.69, 9.17) is 11.6 Å². The SMILES string of the molecule is OC(c1ccccc1Cl)c1cn[nH]c1-c1ccc(F)cc1. The highest BCUT2D eigenvalue weighted by Crippen LogP contribution is 2.33. The zero-order chi connectivity index (χ0) is 14.8. The molecule has 5 heteroatoms.